The third-order valence-electron chi connectivity index (χ3n) is 1.79. The number of carbonyl (C=O) groups excluding carboxylic acids is 1. The molecule has 0 aromatic heterocycles. The van der Waals surface area contributed by atoms with Gasteiger partial charge >= 0.3 is 18.9 Å². The van der Waals surface area contributed by atoms with Gasteiger partial charge in [0.15, 0.2) is 5.52 Å². The van der Waals surface area contributed by atoms with Gasteiger partial charge in [0, 0.05) is 5.56 Å². The molecule has 4 heteroatoms. The molecule has 1 rings (SSSR count). The van der Waals surface area contributed by atoms with Gasteiger partial charge in [-0.15, -0.1) is 0 Å². The second-order valence-corrected chi connectivity index (χ2v) is 4.71. The molecule has 1 nitrogen and oxygen atoms in total. The van der Waals surface area contributed by atoms with E-state index in [9.17, 15) is 4.79 Å². The summed E-state index contributed by atoms with van der Waals surface area (Å²) in [6, 6.07) is 5.55. The minimum atomic E-state index is 0. The van der Waals surface area contributed by atoms with Crippen molar-refractivity contribution in [3.8, 4) is 0 Å². The van der Waals surface area contributed by atoms with E-state index in [-0.39, 0.29) is 25.8 Å². The van der Waals surface area contributed by atoms with Crippen LogP contribution in [0.25, 0.3) is 0 Å². The van der Waals surface area contributed by atoms with Crippen LogP contribution in [0, 0.1) is 6.92 Å². The Hall–Kier alpha value is 0.207. The van der Waals surface area contributed by atoms with Gasteiger partial charge in [-0.3, -0.25) is 4.79 Å². The number of rotatable bonds is 3. The number of carbonyl (C=O) groups is 1. The van der Waals surface area contributed by atoms with Gasteiger partial charge in [0.05, 0.1) is 5.02 Å². The first-order valence-electron chi connectivity index (χ1n) is 4.20. The van der Waals surface area contributed by atoms with Crippen molar-refractivity contribution in [2.24, 2.45) is 0 Å². The Bertz CT molecular complexity index is 313. The Morgan fingerprint density at radius 2 is 2.21 bits per heavy atom. The van der Waals surface area contributed by atoms with Crippen LogP contribution < -0.4 is 18.9 Å². The Kier molecular flexibility index (Phi) is 6.75. The number of hydrogen-bond donors (Lipinski definition) is 0. The van der Waals surface area contributed by atoms with E-state index in [2.05, 4.69) is 0 Å². The van der Waals surface area contributed by atoms with E-state index >= 15 is 0 Å². The first kappa shape index (κ1) is 14.2. The molecular formula is C10H13ClLiOP. The molecule has 0 fully saturated rings. The predicted molar refractivity (Wildman–Crippen MR) is 60.5 cm³/mol. The number of hydrogen-bond acceptors (Lipinski definition) is 1. The molecule has 1 unspecified atom stereocenters. The van der Waals surface area contributed by atoms with E-state index in [1.54, 1.807) is 6.07 Å². The summed E-state index contributed by atoms with van der Waals surface area (Å²) < 4.78 is 0. The topological polar surface area (TPSA) is 17.1 Å². The van der Waals surface area contributed by atoms with Gasteiger partial charge in [-0.2, -0.15) is 0 Å². The first-order valence-corrected chi connectivity index (χ1v) is 5.78. The van der Waals surface area contributed by atoms with Crippen molar-refractivity contribution >= 4 is 25.7 Å². The van der Waals surface area contributed by atoms with Crippen LogP contribution in [0.15, 0.2) is 18.2 Å². The SMILES string of the molecule is CCPC(=O)c1c(C)cccc1Cl.[H-].[Li+]. The summed E-state index contributed by atoms with van der Waals surface area (Å²) in [4.78, 5) is 11.6. The Balaban J connectivity index is 0. The quantitative estimate of drug-likeness (QED) is 0.541. The normalized spacial score (nSPS) is 10.2. The number of benzene rings is 1. The molecule has 0 saturated carbocycles. The van der Waals surface area contributed by atoms with E-state index in [1.807, 2.05) is 26.0 Å². The van der Waals surface area contributed by atoms with Gasteiger partial charge in [-0.05, 0) is 33.3 Å². The maximum atomic E-state index is 11.6. The van der Waals surface area contributed by atoms with Crippen LogP contribution in [-0.4, -0.2) is 11.7 Å². The van der Waals surface area contributed by atoms with Crippen LogP contribution in [0.1, 0.15) is 24.3 Å². The van der Waals surface area contributed by atoms with Crippen molar-refractivity contribution in [1.29, 1.82) is 0 Å². The van der Waals surface area contributed by atoms with Gasteiger partial charge < -0.3 is 1.43 Å². The predicted octanol–water partition coefficient (Wildman–Crippen LogP) is 0.604. The summed E-state index contributed by atoms with van der Waals surface area (Å²) in [7, 11) is 0.336. The molecule has 1 aromatic rings. The van der Waals surface area contributed by atoms with Crippen LogP contribution >= 0.6 is 20.2 Å². The van der Waals surface area contributed by atoms with Gasteiger partial charge in [0.25, 0.3) is 0 Å². The maximum Gasteiger partial charge on any atom is 1.00 e. The smallest absolute Gasteiger partial charge is 1.00 e. The molecule has 1 aromatic carbocycles. The summed E-state index contributed by atoms with van der Waals surface area (Å²) in [5, 5.41) is 0.575. The number of aryl methyl sites for hydroxylation is 1. The zero-order valence-corrected chi connectivity index (χ0v) is 10.5. The second-order valence-electron chi connectivity index (χ2n) is 2.79. The van der Waals surface area contributed by atoms with Crippen molar-refractivity contribution in [3.05, 3.63) is 34.3 Å². The average molecular weight is 223 g/mol. The van der Waals surface area contributed by atoms with E-state index in [0.717, 1.165) is 11.7 Å². The van der Waals surface area contributed by atoms with Gasteiger partial charge in [-0.25, -0.2) is 0 Å². The molecule has 1 atom stereocenters. The molecular weight excluding hydrogens is 209 g/mol. The monoisotopic (exact) mass is 222 g/mol. The maximum absolute atomic E-state index is 11.6. The van der Waals surface area contributed by atoms with Gasteiger partial charge in [0.2, 0.25) is 0 Å². The van der Waals surface area contributed by atoms with Crippen molar-refractivity contribution in [2.75, 3.05) is 6.16 Å². The molecule has 0 heterocycles. The standard InChI is InChI=1S/C10H12ClOP.Li.H/c1-3-13-10(12)9-7(2)5-4-6-8(9)11;;/h4-6,13H,3H2,1-2H3;;/q;+1;-1. The van der Waals surface area contributed by atoms with Crippen LogP contribution in [-0.2, 0) is 0 Å². The molecule has 0 radical (unpaired) electrons. The Morgan fingerprint density at radius 3 is 2.71 bits per heavy atom. The fourth-order valence-corrected chi connectivity index (χ4v) is 2.39. The molecule has 0 aliphatic carbocycles. The van der Waals surface area contributed by atoms with E-state index in [0.29, 0.717) is 19.2 Å². The molecule has 0 N–H and O–H groups in total. The second kappa shape index (κ2) is 6.65. The van der Waals surface area contributed by atoms with E-state index in [1.165, 1.54) is 0 Å². The molecule has 14 heavy (non-hydrogen) atoms. The van der Waals surface area contributed by atoms with E-state index < -0.39 is 0 Å². The van der Waals surface area contributed by atoms with Crippen molar-refractivity contribution < 1.29 is 25.1 Å². The van der Waals surface area contributed by atoms with Crippen molar-refractivity contribution in [3.63, 3.8) is 0 Å². The van der Waals surface area contributed by atoms with Crippen LogP contribution in [0.2, 0.25) is 5.02 Å². The van der Waals surface area contributed by atoms with Crippen LogP contribution in [0.5, 0.6) is 0 Å². The van der Waals surface area contributed by atoms with Gasteiger partial charge in [-0.1, -0.05) is 30.7 Å². The average Bonchev–Trinajstić information content (AvgIpc) is 2.04. The van der Waals surface area contributed by atoms with Crippen LogP contribution in [0.3, 0.4) is 0 Å². The molecule has 0 amide bonds. The Labute approximate surface area is 105 Å². The molecule has 0 aliphatic heterocycles. The van der Waals surface area contributed by atoms with Crippen molar-refractivity contribution in [2.45, 2.75) is 13.8 Å². The summed E-state index contributed by atoms with van der Waals surface area (Å²) in [5.74, 6) is 0. The van der Waals surface area contributed by atoms with Crippen LogP contribution in [0.4, 0.5) is 0 Å². The molecule has 72 valence electrons. The molecule has 0 saturated heterocycles. The third-order valence-corrected chi connectivity index (χ3v) is 3.03. The van der Waals surface area contributed by atoms with Gasteiger partial charge in [0.1, 0.15) is 0 Å². The number of halogens is 1. The first-order chi connectivity index (χ1) is 6.16. The fraction of sp³-hybridized carbons (Fsp3) is 0.300. The summed E-state index contributed by atoms with van der Waals surface area (Å²) in [6.45, 7) is 3.92. The largest absolute Gasteiger partial charge is 1.00 e. The minimum absolute atomic E-state index is 0. The molecule has 0 spiro atoms. The zero-order chi connectivity index (χ0) is 9.84. The third kappa shape index (κ3) is 3.41. The summed E-state index contributed by atoms with van der Waals surface area (Å²) >= 11 is 5.94. The molecule has 0 bridgehead atoms. The van der Waals surface area contributed by atoms with E-state index in [4.69, 9.17) is 11.6 Å². The Morgan fingerprint density at radius 1 is 1.57 bits per heavy atom. The molecule has 0 aliphatic rings. The summed E-state index contributed by atoms with van der Waals surface area (Å²) in [6.07, 6.45) is 0.892. The zero-order valence-electron chi connectivity index (χ0n) is 9.73. The minimum Gasteiger partial charge on any atom is -1.00 e. The fourth-order valence-electron chi connectivity index (χ4n) is 1.17. The van der Waals surface area contributed by atoms with Crippen molar-refractivity contribution in [1.82, 2.24) is 0 Å². The summed E-state index contributed by atoms with van der Waals surface area (Å²) in [5.41, 5.74) is 1.84.